The molecule has 0 saturated carbocycles. The van der Waals surface area contributed by atoms with Crippen LogP contribution in [0.3, 0.4) is 0 Å². The molecule has 0 spiro atoms. The second-order valence-electron chi connectivity index (χ2n) is 10.2. The predicted molar refractivity (Wildman–Crippen MR) is 146 cm³/mol. The van der Waals surface area contributed by atoms with Gasteiger partial charge in [-0.25, -0.2) is 4.39 Å². The highest BCUT2D eigenvalue weighted by Gasteiger charge is 2.42. The lowest BCUT2D eigenvalue weighted by Crippen LogP contribution is -2.65. The number of hydrogen-bond acceptors (Lipinski definition) is 7. The molecule has 11 heteroatoms. The van der Waals surface area contributed by atoms with Gasteiger partial charge in [-0.15, -0.1) is 0 Å². The van der Waals surface area contributed by atoms with Crippen LogP contribution in [-0.4, -0.2) is 65.6 Å². The molecule has 0 radical (unpaired) electrons. The fraction of sp³-hybridized carbons (Fsp3) is 0.483. The normalized spacial score (nSPS) is 21.8. The van der Waals surface area contributed by atoms with Crippen LogP contribution >= 0.6 is 0 Å². The number of carbonyl (C=O) groups excluding carboxylic acids is 2. The van der Waals surface area contributed by atoms with Crippen molar-refractivity contribution in [3.05, 3.63) is 69.4 Å². The number of aromatic nitrogens is 1. The summed E-state index contributed by atoms with van der Waals surface area (Å²) < 4.78 is 26.9. The molecule has 2 bridgehead atoms. The van der Waals surface area contributed by atoms with Gasteiger partial charge in [-0.3, -0.25) is 24.1 Å². The van der Waals surface area contributed by atoms with Gasteiger partial charge in [-0.1, -0.05) is 37.5 Å². The molecule has 0 aliphatic carbocycles. The molecule has 1 fully saturated rings. The average Bonchev–Trinajstić information content (AvgIpc) is 2.95. The number of ether oxygens (including phenoxy) is 2. The fourth-order valence-corrected chi connectivity index (χ4v) is 5.38. The Bertz CT molecular complexity index is 1340. The smallest absolute Gasteiger partial charge is 0.278 e. The van der Waals surface area contributed by atoms with Gasteiger partial charge in [-0.05, 0) is 31.7 Å². The molecule has 3 aliphatic rings. The largest absolute Gasteiger partial charge is 0.502 e. The lowest BCUT2D eigenvalue weighted by Gasteiger charge is -2.48. The summed E-state index contributed by atoms with van der Waals surface area (Å²) in [6, 6.07) is 4.06. The number of allylic oxidation sites excluding steroid dienone is 1. The first-order valence-corrected chi connectivity index (χ1v) is 13.9. The average molecular weight is 555 g/mol. The van der Waals surface area contributed by atoms with Crippen molar-refractivity contribution < 1.29 is 28.6 Å². The van der Waals surface area contributed by atoms with E-state index in [1.807, 2.05) is 5.01 Å². The number of hydrogen-bond donors (Lipinski definition) is 2. The molecule has 1 atom stereocenters. The van der Waals surface area contributed by atoms with E-state index in [-0.39, 0.29) is 24.4 Å². The molecule has 1 aromatic heterocycles. The van der Waals surface area contributed by atoms with Crippen LogP contribution in [0.2, 0.25) is 0 Å². The van der Waals surface area contributed by atoms with Crippen LogP contribution in [0.1, 0.15) is 71.4 Å². The monoisotopic (exact) mass is 554 g/mol. The number of nitrogens with zero attached hydrogens (tertiary/aromatic N) is 3. The predicted octanol–water partition coefficient (Wildman–Crippen LogP) is 3.05. The van der Waals surface area contributed by atoms with E-state index in [9.17, 15) is 23.9 Å². The van der Waals surface area contributed by atoms with Gasteiger partial charge in [0.1, 0.15) is 23.3 Å². The number of rotatable bonds is 0. The highest BCUT2D eigenvalue weighted by Crippen LogP contribution is 2.27. The van der Waals surface area contributed by atoms with E-state index in [2.05, 4.69) is 17.5 Å². The highest BCUT2D eigenvalue weighted by atomic mass is 19.1. The number of aromatic hydroxyl groups is 1. The molecule has 2 aromatic rings. The van der Waals surface area contributed by atoms with E-state index in [1.54, 1.807) is 4.90 Å². The van der Waals surface area contributed by atoms with Gasteiger partial charge in [0.05, 0.1) is 19.8 Å². The Morgan fingerprint density at radius 2 is 1.77 bits per heavy atom. The molecular formula is C29H35FN4O6. The minimum absolute atomic E-state index is 0.0286. The van der Waals surface area contributed by atoms with E-state index in [4.69, 9.17) is 9.47 Å². The minimum Gasteiger partial charge on any atom is -0.502 e. The topological polar surface area (TPSA) is 113 Å². The number of fused-ring (bicyclic) bond motifs is 4. The van der Waals surface area contributed by atoms with Gasteiger partial charge in [0.25, 0.3) is 11.8 Å². The Morgan fingerprint density at radius 3 is 2.65 bits per heavy atom. The van der Waals surface area contributed by atoms with Crippen molar-refractivity contribution in [2.75, 3.05) is 37.9 Å². The molecule has 3 aliphatic heterocycles. The SMILES string of the molecule is O=C1NCc2ccc(F)cc2OCC/C=C\CCCCCCCN2[C@H]3COCCN3C(=O)c3c(O)c(=O)c1cn32. The standard InChI is InChI=1S/C29H35FN4O6/c30-21-11-10-20-17-31-28(37)22-18-34-25(27(36)26(22)35)29(38)32-13-15-39-19-24(32)33(34)12-8-6-4-2-1-3-5-7-9-14-40-23(20)16-21/h5,7,10-11,16,18,24,36H,1-4,6,8-9,12-15,17,19H2,(H,31,37)/b7-5-/t24-/m0/s1. The number of halogens is 1. The molecule has 2 amide bonds. The van der Waals surface area contributed by atoms with Crippen LogP contribution < -0.4 is 20.5 Å². The minimum atomic E-state index is -0.926. The Kier molecular flexibility index (Phi) is 8.69. The zero-order chi connectivity index (χ0) is 28.1. The zero-order valence-corrected chi connectivity index (χ0v) is 22.4. The van der Waals surface area contributed by atoms with Crippen LogP contribution in [0.15, 0.2) is 41.3 Å². The lowest BCUT2D eigenvalue weighted by molar-refractivity contribution is -0.0173. The Balaban J connectivity index is 1.48. The molecule has 40 heavy (non-hydrogen) atoms. The van der Waals surface area contributed by atoms with Crippen LogP contribution in [0.25, 0.3) is 0 Å². The molecule has 1 aromatic carbocycles. The summed E-state index contributed by atoms with van der Waals surface area (Å²) in [5.41, 5.74) is -0.841. The molecule has 214 valence electrons. The van der Waals surface area contributed by atoms with Gasteiger partial charge in [0.2, 0.25) is 5.43 Å². The summed E-state index contributed by atoms with van der Waals surface area (Å²) in [5.74, 6) is -2.12. The second kappa shape index (κ2) is 12.5. The number of nitrogens with one attached hydrogen (secondary N) is 1. The van der Waals surface area contributed by atoms with Crippen LogP contribution in [0.5, 0.6) is 11.5 Å². The van der Waals surface area contributed by atoms with Gasteiger partial charge in [0.15, 0.2) is 11.4 Å². The summed E-state index contributed by atoms with van der Waals surface area (Å²) in [6.07, 6.45) is 11.7. The molecule has 10 nitrogen and oxygen atoms in total. The first kappa shape index (κ1) is 27.7. The van der Waals surface area contributed by atoms with E-state index < -0.39 is 35.0 Å². The van der Waals surface area contributed by atoms with Crippen LogP contribution in [0.4, 0.5) is 4.39 Å². The summed E-state index contributed by atoms with van der Waals surface area (Å²) >= 11 is 0. The summed E-state index contributed by atoms with van der Waals surface area (Å²) in [5, 5.41) is 15.5. The first-order chi connectivity index (χ1) is 19.5. The van der Waals surface area contributed by atoms with Crippen molar-refractivity contribution in [2.24, 2.45) is 0 Å². The highest BCUT2D eigenvalue weighted by molar-refractivity contribution is 5.99. The van der Waals surface area contributed by atoms with Crippen LogP contribution in [-0.2, 0) is 11.3 Å². The lowest BCUT2D eigenvalue weighted by atomic mass is 10.1. The summed E-state index contributed by atoms with van der Waals surface area (Å²) in [6.45, 7) is 1.85. The van der Waals surface area contributed by atoms with Gasteiger partial charge in [-0.2, -0.15) is 0 Å². The summed E-state index contributed by atoms with van der Waals surface area (Å²) in [7, 11) is 0. The Morgan fingerprint density at radius 1 is 0.975 bits per heavy atom. The van der Waals surface area contributed by atoms with Crippen molar-refractivity contribution in [1.29, 1.82) is 0 Å². The molecule has 4 heterocycles. The van der Waals surface area contributed by atoms with Crippen LogP contribution in [0, 0.1) is 5.82 Å². The fourth-order valence-electron chi connectivity index (χ4n) is 5.38. The number of benzene rings is 1. The maximum Gasteiger partial charge on any atom is 0.278 e. The maximum atomic E-state index is 13.9. The molecular weight excluding hydrogens is 519 g/mol. The number of morpholine rings is 1. The third-order valence-corrected chi connectivity index (χ3v) is 7.53. The van der Waals surface area contributed by atoms with E-state index >= 15 is 0 Å². The third kappa shape index (κ3) is 5.84. The Labute approximate surface area is 231 Å². The van der Waals surface area contributed by atoms with E-state index in [1.165, 1.54) is 29.1 Å². The van der Waals surface area contributed by atoms with Crippen molar-refractivity contribution >= 4 is 11.8 Å². The number of carbonyl (C=O) groups is 2. The molecule has 1 saturated heterocycles. The second-order valence-corrected chi connectivity index (χ2v) is 10.2. The van der Waals surface area contributed by atoms with E-state index in [0.29, 0.717) is 44.0 Å². The van der Waals surface area contributed by atoms with E-state index in [0.717, 1.165) is 38.5 Å². The van der Waals surface area contributed by atoms with Crippen molar-refractivity contribution in [2.45, 2.75) is 57.7 Å². The zero-order valence-electron chi connectivity index (χ0n) is 22.4. The van der Waals surface area contributed by atoms with Gasteiger partial charge in [0, 0.05) is 37.5 Å². The first-order valence-electron chi connectivity index (χ1n) is 13.9. The number of amides is 2. The molecule has 0 unspecified atom stereocenters. The van der Waals surface area contributed by atoms with Gasteiger partial charge < -0.3 is 24.8 Å². The van der Waals surface area contributed by atoms with Crippen molar-refractivity contribution in [1.82, 2.24) is 14.9 Å². The Hall–Kier alpha value is -3.86. The third-order valence-electron chi connectivity index (χ3n) is 7.53. The maximum absolute atomic E-state index is 13.9. The van der Waals surface area contributed by atoms with Gasteiger partial charge >= 0.3 is 0 Å². The molecule has 2 N–H and O–H groups in total. The molecule has 5 rings (SSSR count). The summed E-state index contributed by atoms with van der Waals surface area (Å²) in [4.78, 5) is 41.3. The van der Waals surface area contributed by atoms with Crippen molar-refractivity contribution in [3.8, 4) is 11.5 Å². The van der Waals surface area contributed by atoms with Crippen molar-refractivity contribution in [3.63, 3.8) is 0 Å². The number of pyridine rings is 1. The quantitative estimate of drug-likeness (QED) is 0.482.